The number of carboxylic acids is 1. The Kier molecular flexibility index (Phi) is 3.24. The molecule has 0 bridgehead atoms. The van der Waals surface area contributed by atoms with Crippen LogP contribution in [0.2, 0.25) is 0 Å². The lowest BCUT2D eigenvalue weighted by molar-refractivity contribution is 0.0696. The molecule has 1 heterocycles. The number of hydrogen-bond donors (Lipinski definition) is 3. The van der Waals surface area contributed by atoms with Gasteiger partial charge in [-0.05, 0) is 18.2 Å². The van der Waals surface area contributed by atoms with Crippen molar-refractivity contribution in [3.8, 4) is 5.75 Å². The number of thiazole rings is 1. The van der Waals surface area contributed by atoms with Crippen LogP contribution in [0.15, 0.2) is 29.9 Å². The molecule has 0 fully saturated rings. The van der Waals surface area contributed by atoms with E-state index in [1.165, 1.54) is 35.2 Å². The lowest BCUT2D eigenvalue weighted by Crippen LogP contribution is -2.10. The van der Waals surface area contributed by atoms with Crippen molar-refractivity contribution in [2.75, 3.05) is 5.32 Å². The molecule has 92 valence electrons. The number of phenolic OH excluding ortho intramolecular Hbond substituents is 1. The summed E-state index contributed by atoms with van der Waals surface area (Å²) in [5.74, 6) is -1.85. The van der Waals surface area contributed by atoms with Gasteiger partial charge in [0.25, 0.3) is 5.91 Å². The highest BCUT2D eigenvalue weighted by Gasteiger charge is 2.12. The van der Waals surface area contributed by atoms with Crippen molar-refractivity contribution in [2.24, 2.45) is 0 Å². The second kappa shape index (κ2) is 4.84. The van der Waals surface area contributed by atoms with Gasteiger partial charge in [-0.3, -0.25) is 9.78 Å². The van der Waals surface area contributed by atoms with Crippen LogP contribution < -0.4 is 5.32 Å². The van der Waals surface area contributed by atoms with Gasteiger partial charge in [0.05, 0.1) is 23.0 Å². The van der Waals surface area contributed by atoms with E-state index >= 15 is 0 Å². The predicted molar refractivity (Wildman–Crippen MR) is 65.1 cm³/mol. The Labute approximate surface area is 106 Å². The molecule has 18 heavy (non-hydrogen) atoms. The number of aromatic carboxylic acids is 1. The van der Waals surface area contributed by atoms with Crippen molar-refractivity contribution in [2.45, 2.75) is 0 Å². The fraction of sp³-hybridized carbons (Fsp3) is 0. The van der Waals surface area contributed by atoms with E-state index in [0.29, 0.717) is 4.88 Å². The molecule has 0 spiro atoms. The molecular weight excluding hydrogens is 256 g/mol. The van der Waals surface area contributed by atoms with Crippen LogP contribution in [-0.2, 0) is 0 Å². The molecule has 0 unspecified atom stereocenters. The Morgan fingerprint density at radius 1 is 1.33 bits per heavy atom. The van der Waals surface area contributed by atoms with Crippen LogP contribution >= 0.6 is 11.3 Å². The van der Waals surface area contributed by atoms with Crippen molar-refractivity contribution in [1.29, 1.82) is 0 Å². The normalized spacial score (nSPS) is 10.0. The van der Waals surface area contributed by atoms with Crippen molar-refractivity contribution in [1.82, 2.24) is 4.98 Å². The molecule has 0 saturated heterocycles. The first kappa shape index (κ1) is 12.1. The third-order valence-electron chi connectivity index (χ3n) is 2.15. The summed E-state index contributed by atoms with van der Waals surface area (Å²) in [5.41, 5.74) is 1.61. The molecule has 0 atom stereocenters. The molecule has 2 rings (SSSR count). The summed E-state index contributed by atoms with van der Waals surface area (Å²) in [5, 5.41) is 20.8. The van der Waals surface area contributed by atoms with Crippen molar-refractivity contribution in [3.63, 3.8) is 0 Å². The zero-order valence-corrected chi connectivity index (χ0v) is 9.77. The molecular formula is C11H8N2O4S. The maximum atomic E-state index is 11.7. The van der Waals surface area contributed by atoms with Crippen LogP contribution in [0.25, 0.3) is 0 Å². The number of amides is 1. The minimum atomic E-state index is -1.15. The van der Waals surface area contributed by atoms with Crippen molar-refractivity contribution >= 4 is 28.9 Å². The first-order valence-corrected chi connectivity index (χ1v) is 5.72. The van der Waals surface area contributed by atoms with E-state index in [0.717, 1.165) is 6.07 Å². The Morgan fingerprint density at radius 3 is 2.67 bits per heavy atom. The number of hydrogen-bond acceptors (Lipinski definition) is 5. The van der Waals surface area contributed by atoms with Gasteiger partial charge in [0.15, 0.2) is 0 Å². The third kappa shape index (κ3) is 2.46. The zero-order valence-electron chi connectivity index (χ0n) is 8.95. The van der Waals surface area contributed by atoms with Crippen LogP contribution in [0.1, 0.15) is 20.0 Å². The van der Waals surface area contributed by atoms with Gasteiger partial charge in [-0.1, -0.05) is 0 Å². The van der Waals surface area contributed by atoms with Crippen LogP contribution in [0.5, 0.6) is 5.75 Å². The summed E-state index contributed by atoms with van der Waals surface area (Å²) in [6.07, 6.45) is 1.41. The first-order valence-electron chi connectivity index (χ1n) is 4.84. The van der Waals surface area contributed by atoms with Gasteiger partial charge < -0.3 is 15.5 Å². The number of aromatic nitrogens is 1. The van der Waals surface area contributed by atoms with E-state index in [-0.39, 0.29) is 17.0 Å². The SMILES string of the molecule is O=C(O)c1ccc(NC(=O)c2cncs2)c(O)c1. The predicted octanol–water partition coefficient (Wildman–Crippen LogP) is 1.80. The molecule has 3 N–H and O–H groups in total. The van der Waals surface area contributed by atoms with Gasteiger partial charge >= 0.3 is 5.97 Å². The second-order valence-corrected chi connectivity index (χ2v) is 4.24. The number of phenols is 1. The first-order chi connectivity index (χ1) is 8.58. The largest absolute Gasteiger partial charge is 0.506 e. The summed E-state index contributed by atoms with van der Waals surface area (Å²) < 4.78 is 0. The summed E-state index contributed by atoms with van der Waals surface area (Å²) >= 11 is 1.17. The zero-order chi connectivity index (χ0) is 13.1. The number of rotatable bonds is 3. The van der Waals surface area contributed by atoms with Crippen LogP contribution in [0.3, 0.4) is 0 Å². The number of nitrogens with zero attached hydrogens (tertiary/aromatic N) is 1. The van der Waals surface area contributed by atoms with Gasteiger partial charge in [-0.2, -0.15) is 0 Å². The lowest BCUT2D eigenvalue weighted by atomic mass is 10.2. The molecule has 1 amide bonds. The monoisotopic (exact) mass is 264 g/mol. The fourth-order valence-electron chi connectivity index (χ4n) is 1.28. The standard InChI is InChI=1S/C11H8N2O4S/c14-8-3-6(11(16)17)1-2-7(8)13-10(15)9-4-12-5-18-9/h1-5,14H,(H,13,15)(H,16,17). The molecule has 1 aromatic carbocycles. The number of anilines is 1. The molecule has 6 nitrogen and oxygen atoms in total. The summed E-state index contributed by atoms with van der Waals surface area (Å²) in [6.45, 7) is 0. The Bertz CT molecular complexity index is 595. The van der Waals surface area contributed by atoms with Gasteiger partial charge in [-0.25, -0.2) is 4.79 Å². The molecule has 0 aliphatic rings. The lowest BCUT2D eigenvalue weighted by Gasteiger charge is -2.06. The van der Waals surface area contributed by atoms with Crippen LogP contribution in [0, 0.1) is 0 Å². The minimum Gasteiger partial charge on any atom is -0.506 e. The van der Waals surface area contributed by atoms with E-state index in [2.05, 4.69) is 10.3 Å². The topological polar surface area (TPSA) is 99.5 Å². The van der Waals surface area contributed by atoms with Crippen LogP contribution in [0.4, 0.5) is 5.69 Å². The van der Waals surface area contributed by atoms with E-state index in [1.54, 1.807) is 0 Å². The fourth-order valence-corrected chi connectivity index (χ4v) is 1.80. The highest BCUT2D eigenvalue weighted by molar-refractivity contribution is 7.11. The van der Waals surface area contributed by atoms with Crippen LogP contribution in [-0.4, -0.2) is 27.1 Å². The quantitative estimate of drug-likeness (QED) is 0.734. The smallest absolute Gasteiger partial charge is 0.335 e. The Hall–Kier alpha value is -2.41. The molecule has 0 radical (unpaired) electrons. The number of nitrogens with one attached hydrogen (secondary N) is 1. The average molecular weight is 264 g/mol. The number of carbonyl (C=O) groups excluding carboxylic acids is 1. The average Bonchev–Trinajstić information content (AvgIpc) is 2.85. The van der Waals surface area contributed by atoms with E-state index < -0.39 is 11.9 Å². The van der Waals surface area contributed by atoms with Crippen molar-refractivity contribution in [3.05, 3.63) is 40.3 Å². The summed E-state index contributed by atoms with van der Waals surface area (Å²) in [6, 6.07) is 3.70. The molecule has 0 aliphatic heterocycles. The summed E-state index contributed by atoms with van der Waals surface area (Å²) in [4.78, 5) is 26.5. The highest BCUT2D eigenvalue weighted by Crippen LogP contribution is 2.25. The highest BCUT2D eigenvalue weighted by atomic mass is 32.1. The maximum Gasteiger partial charge on any atom is 0.335 e. The van der Waals surface area contributed by atoms with Crippen molar-refractivity contribution < 1.29 is 19.8 Å². The van der Waals surface area contributed by atoms with Gasteiger partial charge in [0, 0.05) is 0 Å². The molecule has 1 aromatic heterocycles. The van der Waals surface area contributed by atoms with E-state index in [9.17, 15) is 14.7 Å². The van der Waals surface area contributed by atoms with Gasteiger partial charge in [0.2, 0.25) is 0 Å². The second-order valence-electron chi connectivity index (χ2n) is 3.36. The minimum absolute atomic E-state index is 0.0525. The molecule has 0 aliphatic carbocycles. The number of aromatic hydroxyl groups is 1. The van der Waals surface area contributed by atoms with Gasteiger partial charge in [0.1, 0.15) is 10.6 Å². The Balaban J connectivity index is 2.20. The molecule has 0 saturated carbocycles. The number of carbonyl (C=O) groups is 2. The van der Waals surface area contributed by atoms with Gasteiger partial charge in [-0.15, -0.1) is 11.3 Å². The number of benzene rings is 1. The molecule has 7 heteroatoms. The number of carboxylic acid groups (broad SMARTS) is 1. The van der Waals surface area contributed by atoms with E-state index in [4.69, 9.17) is 5.11 Å². The summed E-state index contributed by atoms with van der Waals surface area (Å²) in [7, 11) is 0. The molecule has 2 aromatic rings. The Morgan fingerprint density at radius 2 is 2.11 bits per heavy atom. The maximum absolute atomic E-state index is 11.7. The third-order valence-corrected chi connectivity index (χ3v) is 2.92. The van der Waals surface area contributed by atoms with E-state index in [1.807, 2.05) is 0 Å².